The summed E-state index contributed by atoms with van der Waals surface area (Å²) in [6, 6.07) is 12.6. The molecular weight excluding hydrogens is 450 g/mol. The van der Waals surface area contributed by atoms with Crippen molar-refractivity contribution in [2.45, 2.75) is 13.0 Å². The van der Waals surface area contributed by atoms with E-state index < -0.39 is 17.7 Å². The number of carbonyl (C=O) groups excluding carboxylic acids is 2. The van der Waals surface area contributed by atoms with Crippen LogP contribution in [0.5, 0.6) is 11.5 Å². The summed E-state index contributed by atoms with van der Waals surface area (Å²) >= 11 is 7.72. The van der Waals surface area contributed by atoms with Gasteiger partial charge in [0.2, 0.25) is 0 Å². The van der Waals surface area contributed by atoms with E-state index in [4.69, 9.17) is 21.1 Å². The molecule has 0 spiro atoms. The number of aliphatic hydroxyl groups excluding tert-OH is 1. The lowest BCUT2D eigenvalue weighted by atomic mass is 9.98. The third kappa shape index (κ3) is 3.63. The number of hydrogen-bond donors (Lipinski definition) is 1. The highest BCUT2D eigenvalue weighted by Gasteiger charge is 2.48. The Morgan fingerprint density at radius 1 is 1.06 bits per heavy atom. The van der Waals surface area contributed by atoms with Gasteiger partial charge in [0.05, 0.1) is 24.8 Å². The highest BCUT2D eigenvalue weighted by molar-refractivity contribution is 7.10. The van der Waals surface area contributed by atoms with E-state index in [-0.39, 0.29) is 11.3 Å². The van der Waals surface area contributed by atoms with Crippen molar-refractivity contribution in [3.63, 3.8) is 0 Å². The van der Waals surface area contributed by atoms with Gasteiger partial charge in [-0.2, -0.15) is 0 Å². The number of rotatable bonds is 5. The van der Waals surface area contributed by atoms with Crippen LogP contribution in [0.2, 0.25) is 5.02 Å². The lowest BCUT2D eigenvalue weighted by Gasteiger charge is -2.25. The molecule has 1 saturated heterocycles. The number of nitrogens with zero attached hydrogens (tertiary/aromatic N) is 1. The zero-order chi connectivity index (χ0) is 23.0. The van der Waals surface area contributed by atoms with Gasteiger partial charge in [-0.05, 0) is 66.4 Å². The van der Waals surface area contributed by atoms with Crippen LogP contribution in [0.25, 0.3) is 5.76 Å². The maximum absolute atomic E-state index is 13.2. The van der Waals surface area contributed by atoms with Crippen LogP contribution < -0.4 is 14.4 Å². The molecule has 2 heterocycles. The molecule has 1 aromatic heterocycles. The predicted octanol–water partition coefficient (Wildman–Crippen LogP) is 5.35. The normalized spacial score (nSPS) is 17.6. The van der Waals surface area contributed by atoms with E-state index >= 15 is 0 Å². The van der Waals surface area contributed by atoms with E-state index in [1.165, 1.54) is 23.3 Å². The molecule has 0 saturated carbocycles. The van der Waals surface area contributed by atoms with Crippen molar-refractivity contribution in [1.29, 1.82) is 0 Å². The van der Waals surface area contributed by atoms with Crippen LogP contribution in [-0.4, -0.2) is 31.0 Å². The molecule has 1 aliphatic rings. The van der Waals surface area contributed by atoms with Gasteiger partial charge < -0.3 is 14.6 Å². The summed E-state index contributed by atoms with van der Waals surface area (Å²) in [5, 5.41) is 13.3. The minimum Gasteiger partial charge on any atom is -0.507 e. The molecule has 1 aliphatic heterocycles. The average Bonchev–Trinajstić information content (AvgIpc) is 3.33. The molecule has 164 valence electrons. The van der Waals surface area contributed by atoms with Crippen molar-refractivity contribution >= 4 is 46.1 Å². The van der Waals surface area contributed by atoms with Crippen molar-refractivity contribution < 1.29 is 24.2 Å². The first kappa shape index (κ1) is 21.9. The highest BCUT2D eigenvalue weighted by Crippen LogP contribution is 2.45. The van der Waals surface area contributed by atoms with E-state index in [2.05, 4.69) is 0 Å². The second kappa shape index (κ2) is 8.68. The third-order valence-corrected chi connectivity index (χ3v) is 6.74. The van der Waals surface area contributed by atoms with Crippen LogP contribution in [0.15, 0.2) is 59.5 Å². The Bertz CT molecular complexity index is 1230. The number of carbonyl (C=O) groups is 2. The van der Waals surface area contributed by atoms with Gasteiger partial charge in [-0.1, -0.05) is 11.6 Å². The zero-order valence-corrected chi connectivity index (χ0v) is 19.2. The van der Waals surface area contributed by atoms with Gasteiger partial charge in [-0.3, -0.25) is 14.5 Å². The average molecular weight is 470 g/mol. The first-order chi connectivity index (χ1) is 15.4. The van der Waals surface area contributed by atoms with Gasteiger partial charge in [0.25, 0.3) is 11.7 Å². The summed E-state index contributed by atoms with van der Waals surface area (Å²) in [7, 11) is 3.04. The summed E-state index contributed by atoms with van der Waals surface area (Å²) in [5.41, 5.74) is 1.78. The number of Topliss-reactive ketones (excluding diaryl/α,β-unsaturated/α-hetero) is 1. The first-order valence-electron chi connectivity index (χ1n) is 9.70. The van der Waals surface area contributed by atoms with Crippen molar-refractivity contribution in [2.24, 2.45) is 0 Å². The molecule has 4 rings (SSSR count). The summed E-state index contributed by atoms with van der Waals surface area (Å²) in [5.74, 6) is -0.678. The van der Waals surface area contributed by atoms with Crippen LogP contribution in [-0.2, 0) is 9.59 Å². The van der Waals surface area contributed by atoms with Crippen molar-refractivity contribution in [1.82, 2.24) is 0 Å². The third-order valence-electron chi connectivity index (χ3n) is 5.37. The second-order valence-corrected chi connectivity index (χ2v) is 8.54. The van der Waals surface area contributed by atoms with Gasteiger partial charge in [0, 0.05) is 16.1 Å². The number of amides is 1. The number of aliphatic hydroxyl groups is 1. The van der Waals surface area contributed by atoms with Crippen LogP contribution in [0.3, 0.4) is 0 Å². The maximum atomic E-state index is 13.2. The lowest BCUT2D eigenvalue weighted by Crippen LogP contribution is -2.29. The number of ketones is 1. The van der Waals surface area contributed by atoms with Crippen molar-refractivity contribution in [3.05, 3.63) is 80.5 Å². The monoisotopic (exact) mass is 469 g/mol. The molecule has 3 aromatic rings. The minimum absolute atomic E-state index is 0.0256. The first-order valence-corrected chi connectivity index (χ1v) is 11.0. The van der Waals surface area contributed by atoms with Crippen LogP contribution in [0, 0.1) is 6.92 Å². The summed E-state index contributed by atoms with van der Waals surface area (Å²) in [6.07, 6.45) is 0. The fourth-order valence-corrected chi connectivity index (χ4v) is 5.00. The number of methoxy groups -OCH3 is 2. The lowest BCUT2D eigenvalue weighted by molar-refractivity contribution is -0.132. The molecule has 32 heavy (non-hydrogen) atoms. The SMILES string of the molecule is COc1ccc(/C(O)=C2/C(=O)C(=O)N(c3ccc(OC)c(Cl)c3)C2c2sccc2C)cc1. The summed E-state index contributed by atoms with van der Waals surface area (Å²) in [4.78, 5) is 28.5. The molecular formula is C24H20ClNO5S. The molecule has 1 N–H and O–H groups in total. The molecule has 0 aliphatic carbocycles. The topological polar surface area (TPSA) is 76.1 Å². The molecule has 0 radical (unpaired) electrons. The number of halogens is 1. The molecule has 2 aromatic carbocycles. The van der Waals surface area contributed by atoms with Gasteiger partial charge >= 0.3 is 0 Å². The molecule has 8 heteroatoms. The fraction of sp³-hybridized carbons (Fsp3) is 0.167. The quantitative estimate of drug-likeness (QED) is 0.309. The van der Waals surface area contributed by atoms with E-state index in [9.17, 15) is 14.7 Å². The summed E-state index contributed by atoms with van der Waals surface area (Å²) < 4.78 is 10.4. The highest BCUT2D eigenvalue weighted by atomic mass is 35.5. The molecule has 1 atom stereocenters. The maximum Gasteiger partial charge on any atom is 0.300 e. The van der Waals surface area contributed by atoms with E-state index in [1.54, 1.807) is 49.6 Å². The Balaban J connectivity index is 1.91. The van der Waals surface area contributed by atoms with Crippen molar-refractivity contribution in [2.75, 3.05) is 19.1 Å². The predicted molar refractivity (Wildman–Crippen MR) is 125 cm³/mol. The molecule has 1 fully saturated rings. The number of anilines is 1. The molecule has 1 unspecified atom stereocenters. The number of thiophene rings is 1. The fourth-order valence-electron chi connectivity index (χ4n) is 3.72. The largest absolute Gasteiger partial charge is 0.507 e. The zero-order valence-electron chi connectivity index (χ0n) is 17.6. The Morgan fingerprint density at radius 3 is 2.34 bits per heavy atom. The van der Waals surface area contributed by atoms with Gasteiger partial charge in [-0.15, -0.1) is 11.3 Å². The molecule has 0 bridgehead atoms. The number of benzene rings is 2. The van der Waals surface area contributed by atoms with Crippen molar-refractivity contribution in [3.8, 4) is 11.5 Å². The second-order valence-electron chi connectivity index (χ2n) is 7.18. The summed E-state index contributed by atoms with van der Waals surface area (Å²) in [6.45, 7) is 1.90. The number of hydrogen-bond acceptors (Lipinski definition) is 6. The Kier molecular flexibility index (Phi) is 5.95. The van der Waals surface area contributed by atoms with E-state index in [1.807, 2.05) is 18.4 Å². The minimum atomic E-state index is -0.790. The smallest absolute Gasteiger partial charge is 0.300 e. The number of ether oxygens (including phenoxy) is 2. The standard InChI is InChI=1S/C24H20ClNO5S/c1-13-10-11-32-23(13)20-19(21(27)14-4-7-16(30-2)8-5-14)22(28)24(29)26(20)15-6-9-18(31-3)17(25)12-15/h4-12,20,27H,1-3H3/b21-19-. The Labute approximate surface area is 194 Å². The Hall–Kier alpha value is -3.29. The van der Waals surface area contributed by atoms with E-state index in [0.717, 1.165) is 10.4 Å². The van der Waals surface area contributed by atoms with Crippen LogP contribution in [0.1, 0.15) is 22.0 Å². The Morgan fingerprint density at radius 2 is 1.78 bits per heavy atom. The molecule has 6 nitrogen and oxygen atoms in total. The van der Waals surface area contributed by atoms with Gasteiger partial charge in [0.15, 0.2) is 0 Å². The van der Waals surface area contributed by atoms with Crippen LogP contribution in [0.4, 0.5) is 5.69 Å². The molecule has 1 amide bonds. The van der Waals surface area contributed by atoms with Gasteiger partial charge in [-0.25, -0.2) is 0 Å². The van der Waals surface area contributed by atoms with E-state index in [0.29, 0.717) is 27.8 Å². The van der Waals surface area contributed by atoms with Crippen LogP contribution >= 0.6 is 22.9 Å². The van der Waals surface area contributed by atoms with Gasteiger partial charge in [0.1, 0.15) is 23.3 Å². The number of aryl methyl sites for hydroxylation is 1.